The van der Waals surface area contributed by atoms with Crippen LogP contribution in [0.25, 0.3) is 0 Å². The van der Waals surface area contributed by atoms with E-state index in [4.69, 9.17) is 14.6 Å². The first kappa shape index (κ1) is 12.8. The predicted molar refractivity (Wildman–Crippen MR) is 62.3 cm³/mol. The van der Waals surface area contributed by atoms with Gasteiger partial charge in [-0.1, -0.05) is 0 Å². The monoisotopic (exact) mass is 255 g/mol. The van der Waals surface area contributed by atoms with E-state index in [2.05, 4.69) is 0 Å². The lowest BCUT2D eigenvalue weighted by atomic mass is 10.1. The number of hydrogen-bond acceptors (Lipinski definition) is 4. The maximum atomic E-state index is 13.8. The van der Waals surface area contributed by atoms with Crippen LogP contribution in [0.4, 0.5) is 10.1 Å². The molecule has 0 aliphatic carbocycles. The van der Waals surface area contributed by atoms with Crippen LogP contribution in [-0.2, 0) is 9.47 Å². The zero-order valence-corrected chi connectivity index (χ0v) is 10.1. The highest BCUT2D eigenvalue weighted by Gasteiger charge is 2.44. The van der Waals surface area contributed by atoms with Gasteiger partial charge in [-0.05, 0) is 18.2 Å². The molecule has 0 radical (unpaired) electrons. The summed E-state index contributed by atoms with van der Waals surface area (Å²) in [6, 6.07) is 3.84. The second-order valence-electron chi connectivity index (χ2n) is 4.15. The average Bonchev–Trinajstić information content (AvgIpc) is 2.30. The molecule has 1 saturated heterocycles. The quantitative estimate of drug-likeness (QED) is 0.822. The molecule has 5 nitrogen and oxygen atoms in total. The molecule has 0 amide bonds. The van der Waals surface area contributed by atoms with E-state index in [0.717, 1.165) is 6.07 Å². The van der Waals surface area contributed by atoms with Crippen molar-refractivity contribution in [2.45, 2.75) is 5.79 Å². The molecule has 0 atom stereocenters. The number of aromatic carboxylic acids is 1. The fourth-order valence-corrected chi connectivity index (χ4v) is 1.94. The summed E-state index contributed by atoms with van der Waals surface area (Å²) >= 11 is 0. The zero-order valence-electron chi connectivity index (χ0n) is 10.1. The van der Waals surface area contributed by atoms with E-state index in [1.54, 1.807) is 4.90 Å². The van der Waals surface area contributed by atoms with Crippen molar-refractivity contribution in [1.29, 1.82) is 0 Å². The van der Waals surface area contributed by atoms with E-state index in [1.165, 1.54) is 26.4 Å². The van der Waals surface area contributed by atoms with Crippen molar-refractivity contribution in [3.05, 3.63) is 29.6 Å². The number of benzene rings is 1. The number of carbonyl (C=O) groups is 1. The molecule has 2 rings (SSSR count). The number of hydrogen-bond donors (Lipinski definition) is 1. The van der Waals surface area contributed by atoms with Crippen molar-refractivity contribution in [1.82, 2.24) is 0 Å². The zero-order chi connectivity index (χ0) is 13.3. The molecule has 0 aromatic heterocycles. The number of rotatable bonds is 4. The highest BCUT2D eigenvalue weighted by atomic mass is 19.1. The first-order chi connectivity index (χ1) is 8.51. The Kier molecular flexibility index (Phi) is 3.23. The fourth-order valence-electron chi connectivity index (χ4n) is 1.94. The van der Waals surface area contributed by atoms with Gasteiger partial charge in [0.1, 0.15) is 5.82 Å². The summed E-state index contributed by atoms with van der Waals surface area (Å²) in [5.74, 6) is -2.40. The van der Waals surface area contributed by atoms with Crippen molar-refractivity contribution in [2.75, 3.05) is 32.2 Å². The molecule has 1 N–H and O–H groups in total. The standard InChI is InChI=1S/C12H14FNO4/c1-17-12(18-2)6-14(7-12)10-4-3-8(11(15)16)5-9(10)13/h3-5H,6-7H2,1-2H3,(H,15,16). The third-order valence-electron chi connectivity index (χ3n) is 3.14. The van der Waals surface area contributed by atoms with Gasteiger partial charge in [-0.15, -0.1) is 0 Å². The number of anilines is 1. The molecule has 1 aromatic carbocycles. The third kappa shape index (κ3) is 2.04. The molecule has 0 bridgehead atoms. The van der Waals surface area contributed by atoms with E-state index in [9.17, 15) is 9.18 Å². The molecular weight excluding hydrogens is 241 g/mol. The summed E-state index contributed by atoms with van der Waals surface area (Å²) in [6.45, 7) is 0.812. The Hall–Kier alpha value is -1.66. The van der Waals surface area contributed by atoms with Crippen LogP contribution in [0.15, 0.2) is 18.2 Å². The van der Waals surface area contributed by atoms with Gasteiger partial charge in [0.25, 0.3) is 0 Å². The van der Waals surface area contributed by atoms with Crippen LogP contribution in [0.5, 0.6) is 0 Å². The summed E-state index contributed by atoms with van der Waals surface area (Å²) in [4.78, 5) is 12.4. The lowest BCUT2D eigenvalue weighted by Gasteiger charge is -2.48. The number of methoxy groups -OCH3 is 2. The topological polar surface area (TPSA) is 59.0 Å². The van der Waals surface area contributed by atoms with E-state index < -0.39 is 17.6 Å². The molecule has 1 aromatic rings. The van der Waals surface area contributed by atoms with Gasteiger partial charge in [-0.2, -0.15) is 0 Å². The van der Waals surface area contributed by atoms with Crippen molar-refractivity contribution in [2.24, 2.45) is 0 Å². The van der Waals surface area contributed by atoms with Crippen LogP contribution in [0.1, 0.15) is 10.4 Å². The normalized spacial score (nSPS) is 17.4. The number of carboxylic acid groups (broad SMARTS) is 1. The van der Waals surface area contributed by atoms with Gasteiger partial charge in [0.15, 0.2) is 0 Å². The second kappa shape index (κ2) is 4.55. The second-order valence-corrected chi connectivity index (χ2v) is 4.15. The maximum Gasteiger partial charge on any atom is 0.335 e. The van der Waals surface area contributed by atoms with Gasteiger partial charge in [-0.3, -0.25) is 0 Å². The molecule has 0 saturated carbocycles. The van der Waals surface area contributed by atoms with Gasteiger partial charge in [0, 0.05) is 14.2 Å². The summed E-state index contributed by atoms with van der Waals surface area (Å²) in [6.07, 6.45) is 0. The van der Waals surface area contributed by atoms with Crippen molar-refractivity contribution >= 4 is 11.7 Å². The minimum absolute atomic E-state index is 0.0680. The summed E-state index contributed by atoms with van der Waals surface area (Å²) in [5.41, 5.74) is 0.284. The lowest BCUT2D eigenvalue weighted by Crippen LogP contribution is -2.64. The molecular formula is C12H14FNO4. The minimum Gasteiger partial charge on any atom is -0.478 e. The van der Waals surface area contributed by atoms with Crippen LogP contribution in [0.3, 0.4) is 0 Å². The Morgan fingerprint density at radius 2 is 2.00 bits per heavy atom. The Morgan fingerprint density at radius 1 is 1.39 bits per heavy atom. The maximum absolute atomic E-state index is 13.8. The molecule has 1 aliphatic rings. The third-order valence-corrected chi connectivity index (χ3v) is 3.14. The lowest BCUT2D eigenvalue weighted by molar-refractivity contribution is -0.219. The molecule has 1 heterocycles. The summed E-state index contributed by atoms with van der Waals surface area (Å²) in [7, 11) is 3.06. The largest absolute Gasteiger partial charge is 0.478 e. The van der Waals surface area contributed by atoms with Crippen LogP contribution in [-0.4, -0.2) is 44.2 Å². The van der Waals surface area contributed by atoms with Crippen LogP contribution in [0, 0.1) is 5.82 Å². The molecule has 0 unspecified atom stereocenters. The number of ether oxygens (including phenoxy) is 2. The van der Waals surface area contributed by atoms with Gasteiger partial charge in [0.05, 0.1) is 24.3 Å². The smallest absolute Gasteiger partial charge is 0.335 e. The van der Waals surface area contributed by atoms with E-state index >= 15 is 0 Å². The average molecular weight is 255 g/mol. The molecule has 18 heavy (non-hydrogen) atoms. The molecule has 0 spiro atoms. The number of nitrogens with zero attached hydrogens (tertiary/aromatic N) is 1. The molecule has 6 heteroatoms. The Balaban J connectivity index is 2.15. The van der Waals surface area contributed by atoms with E-state index in [-0.39, 0.29) is 5.56 Å². The van der Waals surface area contributed by atoms with Gasteiger partial charge in [-0.25, -0.2) is 9.18 Å². The SMILES string of the molecule is COC1(OC)CN(c2ccc(C(=O)O)cc2F)C1. The molecule has 1 fully saturated rings. The van der Waals surface area contributed by atoms with E-state index in [1.807, 2.05) is 0 Å². The van der Waals surface area contributed by atoms with Crippen molar-refractivity contribution in [3.8, 4) is 0 Å². The number of halogens is 1. The highest BCUT2D eigenvalue weighted by molar-refractivity contribution is 5.88. The predicted octanol–water partition coefficient (Wildman–Crippen LogP) is 1.33. The summed E-state index contributed by atoms with van der Waals surface area (Å²) in [5, 5.41) is 8.75. The van der Waals surface area contributed by atoms with E-state index in [0.29, 0.717) is 18.8 Å². The Morgan fingerprint density at radius 3 is 2.44 bits per heavy atom. The Labute approximate surface area is 104 Å². The Bertz CT molecular complexity index is 465. The minimum atomic E-state index is -1.15. The van der Waals surface area contributed by atoms with Gasteiger partial charge < -0.3 is 19.5 Å². The van der Waals surface area contributed by atoms with Crippen molar-refractivity contribution in [3.63, 3.8) is 0 Å². The first-order valence-electron chi connectivity index (χ1n) is 5.39. The van der Waals surface area contributed by atoms with Gasteiger partial charge >= 0.3 is 5.97 Å². The van der Waals surface area contributed by atoms with Gasteiger partial charge in [0.2, 0.25) is 5.79 Å². The molecule has 1 aliphatic heterocycles. The van der Waals surface area contributed by atoms with Crippen molar-refractivity contribution < 1.29 is 23.8 Å². The first-order valence-corrected chi connectivity index (χ1v) is 5.39. The molecule has 98 valence electrons. The van der Waals surface area contributed by atoms with Crippen LogP contribution >= 0.6 is 0 Å². The summed E-state index contributed by atoms with van der Waals surface area (Å²) < 4.78 is 24.1. The van der Waals surface area contributed by atoms with Crippen LogP contribution < -0.4 is 4.90 Å². The van der Waals surface area contributed by atoms with Crippen LogP contribution in [0.2, 0.25) is 0 Å². The fraction of sp³-hybridized carbons (Fsp3) is 0.417. The number of carboxylic acids is 1. The highest BCUT2D eigenvalue weighted by Crippen LogP contribution is 2.32.